The highest BCUT2D eigenvalue weighted by Gasteiger charge is 2.41. The number of ether oxygens (including phenoxy) is 1. The first-order chi connectivity index (χ1) is 9.04. The lowest BCUT2D eigenvalue weighted by Gasteiger charge is -2.17. The second-order valence-corrected chi connectivity index (χ2v) is 7.02. The average Bonchev–Trinajstić information content (AvgIpc) is 3.09. The van der Waals surface area contributed by atoms with Crippen molar-refractivity contribution in [2.24, 2.45) is 11.3 Å². The van der Waals surface area contributed by atoms with Gasteiger partial charge in [-0.3, -0.25) is 0 Å². The van der Waals surface area contributed by atoms with Gasteiger partial charge in [-0.1, -0.05) is 19.9 Å². The topological polar surface area (TPSA) is 21.3 Å². The van der Waals surface area contributed by atoms with E-state index >= 15 is 0 Å². The van der Waals surface area contributed by atoms with Gasteiger partial charge in [-0.05, 0) is 70.8 Å². The van der Waals surface area contributed by atoms with Crippen LogP contribution >= 0.6 is 15.9 Å². The molecule has 1 N–H and O–H groups in total. The molecule has 0 radical (unpaired) electrons. The van der Waals surface area contributed by atoms with Crippen molar-refractivity contribution >= 4 is 15.9 Å². The fourth-order valence-corrected chi connectivity index (χ4v) is 3.06. The zero-order valence-electron chi connectivity index (χ0n) is 12.1. The third-order valence-electron chi connectivity index (χ3n) is 3.81. The molecule has 19 heavy (non-hydrogen) atoms. The van der Waals surface area contributed by atoms with Crippen LogP contribution in [-0.2, 0) is 6.42 Å². The van der Waals surface area contributed by atoms with E-state index in [1.54, 1.807) is 7.11 Å². The first kappa shape index (κ1) is 14.9. The summed E-state index contributed by atoms with van der Waals surface area (Å²) in [6.45, 7) is 6.78. The number of hydrogen-bond donors (Lipinski definition) is 1. The molecule has 106 valence electrons. The number of rotatable bonds is 7. The van der Waals surface area contributed by atoms with E-state index < -0.39 is 0 Å². The first-order valence-electron chi connectivity index (χ1n) is 7.08. The lowest BCUT2D eigenvalue weighted by molar-refractivity contribution is 0.410. The normalized spacial score (nSPS) is 16.7. The maximum atomic E-state index is 5.28. The first-order valence-corrected chi connectivity index (χ1v) is 7.87. The summed E-state index contributed by atoms with van der Waals surface area (Å²) in [4.78, 5) is 0. The standard InChI is InChI=1S/C16H24BrNO/c1-12(2)10-18-11-16(6-7-16)9-13-4-5-15(19-3)14(17)8-13/h4-5,8,12,18H,6-7,9-11H2,1-3H3. The summed E-state index contributed by atoms with van der Waals surface area (Å²) < 4.78 is 6.33. The molecule has 1 fully saturated rings. The molecular weight excluding hydrogens is 302 g/mol. The van der Waals surface area contributed by atoms with Crippen molar-refractivity contribution in [1.29, 1.82) is 0 Å². The van der Waals surface area contributed by atoms with Crippen molar-refractivity contribution in [3.63, 3.8) is 0 Å². The Bertz CT molecular complexity index is 427. The van der Waals surface area contributed by atoms with Crippen molar-refractivity contribution in [1.82, 2.24) is 5.32 Å². The molecule has 1 aromatic carbocycles. The highest BCUT2D eigenvalue weighted by Crippen LogP contribution is 2.48. The molecule has 1 aliphatic rings. The van der Waals surface area contributed by atoms with Gasteiger partial charge in [0.1, 0.15) is 5.75 Å². The Kier molecular flexibility index (Phi) is 4.91. The lowest BCUT2D eigenvalue weighted by Crippen LogP contribution is -2.28. The van der Waals surface area contributed by atoms with Crippen LogP contribution < -0.4 is 10.1 Å². The van der Waals surface area contributed by atoms with Gasteiger partial charge in [0.15, 0.2) is 0 Å². The molecule has 3 heteroatoms. The Morgan fingerprint density at radius 3 is 2.63 bits per heavy atom. The Balaban J connectivity index is 1.91. The van der Waals surface area contributed by atoms with Crippen molar-refractivity contribution in [3.8, 4) is 5.75 Å². The van der Waals surface area contributed by atoms with Crippen LogP contribution in [0.25, 0.3) is 0 Å². The minimum Gasteiger partial charge on any atom is -0.496 e. The van der Waals surface area contributed by atoms with Crippen LogP contribution in [0.15, 0.2) is 22.7 Å². The zero-order chi connectivity index (χ0) is 13.9. The van der Waals surface area contributed by atoms with Crippen LogP contribution in [0.4, 0.5) is 0 Å². The predicted molar refractivity (Wildman–Crippen MR) is 83.8 cm³/mol. The highest BCUT2D eigenvalue weighted by molar-refractivity contribution is 9.10. The number of methoxy groups -OCH3 is 1. The Hall–Kier alpha value is -0.540. The van der Waals surface area contributed by atoms with E-state index in [0.717, 1.165) is 29.2 Å². The molecule has 0 spiro atoms. The third-order valence-corrected chi connectivity index (χ3v) is 4.42. The highest BCUT2D eigenvalue weighted by atomic mass is 79.9. The summed E-state index contributed by atoms with van der Waals surface area (Å²) in [5.74, 6) is 1.64. The molecule has 1 aliphatic carbocycles. The molecule has 0 aliphatic heterocycles. The summed E-state index contributed by atoms with van der Waals surface area (Å²) in [5, 5.41) is 3.61. The summed E-state index contributed by atoms with van der Waals surface area (Å²) in [5.41, 5.74) is 1.90. The summed E-state index contributed by atoms with van der Waals surface area (Å²) in [6.07, 6.45) is 3.87. The van der Waals surface area contributed by atoms with Gasteiger partial charge in [-0.25, -0.2) is 0 Å². The SMILES string of the molecule is COc1ccc(CC2(CNCC(C)C)CC2)cc1Br. The van der Waals surface area contributed by atoms with Gasteiger partial charge in [-0.2, -0.15) is 0 Å². The van der Waals surface area contributed by atoms with E-state index in [0.29, 0.717) is 5.41 Å². The van der Waals surface area contributed by atoms with Gasteiger partial charge >= 0.3 is 0 Å². The molecular formula is C16H24BrNO. The summed E-state index contributed by atoms with van der Waals surface area (Å²) >= 11 is 3.57. The van der Waals surface area contributed by atoms with Crippen molar-refractivity contribution in [2.75, 3.05) is 20.2 Å². The lowest BCUT2D eigenvalue weighted by atomic mass is 9.96. The third kappa shape index (κ3) is 4.22. The molecule has 0 heterocycles. The number of nitrogens with one attached hydrogen (secondary N) is 1. The molecule has 2 nitrogen and oxygen atoms in total. The van der Waals surface area contributed by atoms with E-state index in [4.69, 9.17) is 4.74 Å². The maximum absolute atomic E-state index is 5.28. The fourth-order valence-electron chi connectivity index (χ4n) is 2.47. The molecule has 1 saturated carbocycles. The van der Waals surface area contributed by atoms with Crippen LogP contribution in [0.3, 0.4) is 0 Å². The second-order valence-electron chi connectivity index (χ2n) is 6.17. The molecule has 0 aromatic heterocycles. The minimum absolute atomic E-state index is 0.503. The van der Waals surface area contributed by atoms with Crippen LogP contribution in [0.2, 0.25) is 0 Å². The molecule has 0 atom stereocenters. The van der Waals surface area contributed by atoms with Gasteiger partial charge in [0.2, 0.25) is 0 Å². The predicted octanol–water partition coefficient (Wildman–Crippen LogP) is 4.03. The van der Waals surface area contributed by atoms with Crippen molar-refractivity contribution in [2.45, 2.75) is 33.1 Å². The van der Waals surface area contributed by atoms with Crippen LogP contribution in [0.1, 0.15) is 32.3 Å². The van der Waals surface area contributed by atoms with Crippen LogP contribution in [0.5, 0.6) is 5.75 Å². The minimum atomic E-state index is 0.503. The molecule has 0 unspecified atom stereocenters. The van der Waals surface area contributed by atoms with Gasteiger partial charge in [0, 0.05) is 6.54 Å². The number of hydrogen-bond acceptors (Lipinski definition) is 2. The van der Waals surface area contributed by atoms with Gasteiger partial charge in [-0.15, -0.1) is 0 Å². The second kappa shape index (κ2) is 6.27. The summed E-state index contributed by atoms with van der Waals surface area (Å²) in [7, 11) is 1.71. The Morgan fingerprint density at radius 2 is 2.11 bits per heavy atom. The van der Waals surface area contributed by atoms with Crippen molar-refractivity contribution < 1.29 is 4.74 Å². The molecule has 1 aromatic rings. The van der Waals surface area contributed by atoms with Crippen LogP contribution in [0, 0.1) is 11.3 Å². The number of halogens is 1. The van der Waals surface area contributed by atoms with Crippen LogP contribution in [-0.4, -0.2) is 20.2 Å². The molecule has 0 amide bonds. The number of benzene rings is 1. The Labute approximate surface area is 125 Å². The van der Waals surface area contributed by atoms with E-state index in [2.05, 4.69) is 53.3 Å². The van der Waals surface area contributed by atoms with Gasteiger partial charge in [0.05, 0.1) is 11.6 Å². The zero-order valence-corrected chi connectivity index (χ0v) is 13.7. The van der Waals surface area contributed by atoms with Crippen molar-refractivity contribution in [3.05, 3.63) is 28.2 Å². The largest absolute Gasteiger partial charge is 0.496 e. The average molecular weight is 326 g/mol. The smallest absolute Gasteiger partial charge is 0.133 e. The molecule has 0 bridgehead atoms. The van der Waals surface area contributed by atoms with Gasteiger partial charge < -0.3 is 10.1 Å². The summed E-state index contributed by atoms with van der Waals surface area (Å²) in [6, 6.07) is 6.44. The quantitative estimate of drug-likeness (QED) is 0.817. The monoisotopic (exact) mass is 325 g/mol. The fraction of sp³-hybridized carbons (Fsp3) is 0.625. The molecule has 2 rings (SSSR count). The molecule has 0 saturated heterocycles. The van der Waals surface area contributed by atoms with E-state index in [-0.39, 0.29) is 0 Å². The van der Waals surface area contributed by atoms with Gasteiger partial charge in [0.25, 0.3) is 0 Å². The van der Waals surface area contributed by atoms with E-state index in [9.17, 15) is 0 Å². The maximum Gasteiger partial charge on any atom is 0.133 e. The van der Waals surface area contributed by atoms with E-state index in [1.807, 2.05) is 0 Å². The Morgan fingerprint density at radius 1 is 1.37 bits per heavy atom. The van der Waals surface area contributed by atoms with E-state index in [1.165, 1.54) is 24.8 Å².